The lowest BCUT2D eigenvalue weighted by molar-refractivity contribution is -0.0114. The fourth-order valence-electron chi connectivity index (χ4n) is 3.00. The average molecular weight is 300 g/mol. The molecule has 20 heavy (non-hydrogen) atoms. The number of rotatable bonds is 4. The highest BCUT2D eigenvalue weighted by Gasteiger charge is 2.41. The summed E-state index contributed by atoms with van der Waals surface area (Å²) in [5.41, 5.74) is 1.14. The van der Waals surface area contributed by atoms with Gasteiger partial charge in [0.15, 0.2) is 0 Å². The van der Waals surface area contributed by atoms with E-state index in [0.717, 1.165) is 12.8 Å². The first-order chi connectivity index (χ1) is 9.52. The quantitative estimate of drug-likeness (QED) is 0.816. The molecule has 3 rings (SSSR count). The van der Waals surface area contributed by atoms with Crippen LogP contribution in [0.3, 0.4) is 0 Å². The van der Waals surface area contributed by atoms with Gasteiger partial charge >= 0.3 is 0 Å². The summed E-state index contributed by atoms with van der Waals surface area (Å²) in [6, 6.07) is 0. The number of fused-ring (bicyclic) bond motifs is 2. The highest BCUT2D eigenvalue weighted by Crippen LogP contribution is 2.31. The minimum absolute atomic E-state index is 0.0449. The number of aromatic amines is 1. The Morgan fingerprint density at radius 1 is 1.40 bits per heavy atom. The van der Waals surface area contributed by atoms with Gasteiger partial charge in [-0.3, -0.25) is 5.10 Å². The molecule has 0 amide bonds. The molecule has 1 aromatic rings. The number of hydrogen-bond donors (Lipinski definition) is 2. The van der Waals surface area contributed by atoms with Crippen LogP contribution in [0.5, 0.6) is 0 Å². The van der Waals surface area contributed by atoms with Crippen molar-refractivity contribution < 1.29 is 13.2 Å². The van der Waals surface area contributed by atoms with Crippen LogP contribution in [0.1, 0.15) is 24.2 Å². The highest BCUT2D eigenvalue weighted by atomic mass is 32.2. The second kappa shape index (κ2) is 5.10. The summed E-state index contributed by atoms with van der Waals surface area (Å²) in [5.74, 6) is 0. The van der Waals surface area contributed by atoms with Crippen LogP contribution in [-0.2, 0) is 21.3 Å². The molecular weight excluding hydrogens is 280 g/mol. The number of hydrogen-bond acceptors (Lipinski definition) is 5. The van der Waals surface area contributed by atoms with Crippen LogP contribution in [0, 0.1) is 6.92 Å². The van der Waals surface area contributed by atoms with Crippen LogP contribution < -0.4 is 5.32 Å². The lowest BCUT2D eigenvalue weighted by Gasteiger charge is -2.31. The average Bonchev–Trinajstić information content (AvgIpc) is 2.93. The van der Waals surface area contributed by atoms with E-state index < -0.39 is 10.0 Å². The lowest BCUT2D eigenvalue weighted by Crippen LogP contribution is -2.46. The summed E-state index contributed by atoms with van der Waals surface area (Å²) in [5, 5.41) is 9.83. The number of sulfonamides is 1. The van der Waals surface area contributed by atoms with Gasteiger partial charge in [-0.05, 0) is 26.8 Å². The lowest BCUT2D eigenvalue weighted by atomic mass is 10.2. The third-order valence-corrected chi connectivity index (χ3v) is 5.95. The normalized spacial score (nSPS) is 27.1. The molecule has 2 N–H and O–H groups in total. The molecule has 2 fully saturated rings. The monoisotopic (exact) mass is 300 g/mol. The van der Waals surface area contributed by atoms with Crippen molar-refractivity contribution in [2.24, 2.45) is 0 Å². The van der Waals surface area contributed by atoms with Gasteiger partial charge in [-0.15, -0.1) is 0 Å². The van der Waals surface area contributed by atoms with Gasteiger partial charge in [-0.2, -0.15) is 9.40 Å². The Hall–Kier alpha value is -0.960. The molecule has 2 aliphatic rings. The smallest absolute Gasteiger partial charge is 0.246 e. The van der Waals surface area contributed by atoms with Crippen LogP contribution in [-0.4, -0.2) is 55.3 Å². The van der Waals surface area contributed by atoms with E-state index >= 15 is 0 Å². The van der Waals surface area contributed by atoms with Gasteiger partial charge in [0.25, 0.3) is 0 Å². The zero-order valence-corrected chi connectivity index (χ0v) is 12.5. The van der Waals surface area contributed by atoms with Crippen LogP contribution in [0.4, 0.5) is 0 Å². The van der Waals surface area contributed by atoms with Crippen molar-refractivity contribution in [3.05, 3.63) is 11.4 Å². The Labute approximate surface area is 118 Å². The Kier molecular flexibility index (Phi) is 3.57. The van der Waals surface area contributed by atoms with Gasteiger partial charge in [0.1, 0.15) is 4.90 Å². The molecule has 2 saturated heterocycles. The van der Waals surface area contributed by atoms with Crippen LogP contribution >= 0.6 is 0 Å². The number of nitrogens with one attached hydrogen (secondary N) is 2. The molecule has 2 atom stereocenters. The molecule has 0 aliphatic carbocycles. The SMILES string of the molecule is CNCc1n[nH]c(C)c1S(=O)(=O)N1CC2CCC(C1)O2. The summed E-state index contributed by atoms with van der Waals surface area (Å²) in [6.45, 7) is 3.06. The van der Waals surface area contributed by atoms with Crippen molar-refractivity contribution in [3.63, 3.8) is 0 Å². The van der Waals surface area contributed by atoms with Gasteiger partial charge in [0, 0.05) is 19.6 Å². The number of morpholine rings is 1. The number of nitrogens with zero attached hydrogens (tertiary/aromatic N) is 2. The highest BCUT2D eigenvalue weighted by molar-refractivity contribution is 7.89. The predicted molar refractivity (Wildman–Crippen MR) is 72.7 cm³/mol. The summed E-state index contributed by atoms with van der Waals surface area (Å²) >= 11 is 0. The molecule has 2 bridgehead atoms. The van der Waals surface area contributed by atoms with E-state index in [2.05, 4.69) is 15.5 Å². The minimum atomic E-state index is -3.51. The van der Waals surface area contributed by atoms with Crippen LogP contribution in [0.15, 0.2) is 4.90 Å². The van der Waals surface area contributed by atoms with Crippen molar-refractivity contribution in [2.75, 3.05) is 20.1 Å². The zero-order chi connectivity index (χ0) is 14.3. The molecule has 7 nitrogen and oxygen atoms in total. The summed E-state index contributed by atoms with van der Waals surface area (Å²) in [7, 11) is -1.74. The van der Waals surface area contributed by atoms with Crippen molar-refractivity contribution in [3.8, 4) is 0 Å². The van der Waals surface area contributed by atoms with Gasteiger partial charge in [0.2, 0.25) is 10.0 Å². The van der Waals surface area contributed by atoms with Crippen molar-refractivity contribution in [2.45, 2.75) is 43.4 Å². The molecule has 2 unspecified atom stereocenters. The molecule has 1 aromatic heterocycles. The maximum Gasteiger partial charge on any atom is 0.246 e. The molecule has 0 saturated carbocycles. The fraction of sp³-hybridized carbons (Fsp3) is 0.750. The molecular formula is C12H20N4O3S. The summed E-state index contributed by atoms with van der Waals surface area (Å²) < 4.78 is 33.0. The summed E-state index contributed by atoms with van der Waals surface area (Å²) in [6.07, 6.45) is 1.99. The van der Waals surface area contributed by atoms with Crippen molar-refractivity contribution >= 4 is 10.0 Å². The van der Waals surface area contributed by atoms with Gasteiger partial charge < -0.3 is 10.1 Å². The molecule has 3 heterocycles. The largest absolute Gasteiger partial charge is 0.372 e. The Morgan fingerprint density at radius 2 is 2.05 bits per heavy atom. The number of aromatic nitrogens is 2. The maximum absolute atomic E-state index is 12.9. The van der Waals surface area contributed by atoms with Gasteiger partial charge in [-0.1, -0.05) is 0 Å². The standard InChI is InChI=1S/C12H20N4O3S/c1-8-12(11(5-13-2)15-14-8)20(17,18)16-6-9-3-4-10(7-16)19-9/h9-10,13H,3-7H2,1-2H3,(H,14,15). The van der Waals surface area contributed by atoms with E-state index in [9.17, 15) is 8.42 Å². The molecule has 2 aliphatic heterocycles. The Morgan fingerprint density at radius 3 is 2.65 bits per heavy atom. The number of aryl methyl sites for hydroxylation is 1. The second-order valence-electron chi connectivity index (χ2n) is 5.43. The zero-order valence-electron chi connectivity index (χ0n) is 11.7. The van der Waals surface area contributed by atoms with Gasteiger partial charge in [0.05, 0.1) is 23.6 Å². The molecule has 8 heteroatoms. The molecule has 0 spiro atoms. The first-order valence-corrected chi connectivity index (χ1v) is 8.30. The maximum atomic E-state index is 12.9. The van der Waals surface area contributed by atoms with Crippen molar-refractivity contribution in [1.82, 2.24) is 19.8 Å². The number of ether oxygens (including phenoxy) is 1. The van der Waals surface area contributed by atoms with Crippen LogP contribution in [0.2, 0.25) is 0 Å². The fourth-order valence-corrected chi connectivity index (χ4v) is 4.83. The first-order valence-electron chi connectivity index (χ1n) is 6.86. The van der Waals surface area contributed by atoms with Crippen molar-refractivity contribution in [1.29, 1.82) is 0 Å². The van der Waals surface area contributed by atoms with E-state index in [0.29, 0.717) is 35.9 Å². The van der Waals surface area contributed by atoms with E-state index in [1.54, 1.807) is 18.3 Å². The minimum Gasteiger partial charge on any atom is -0.372 e. The first kappa shape index (κ1) is 14.0. The van der Waals surface area contributed by atoms with Crippen LogP contribution in [0.25, 0.3) is 0 Å². The summed E-state index contributed by atoms with van der Waals surface area (Å²) in [4.78, 5) is 0.313. The Bertz CT molecular complexity index is 586. The van der Waals surface area contributed by atoms with E-state index in [4.69, 9.17) is 4.74 Å². The predicted octanol–water partition coefficient (Wildman–Crippen LogP) is -0.0106. The third kappa shape index (κ3) is 2.26. The van der Waals surface area contributed by atoms with E-state index in [-0.39, 0.29) is 12.2 Å². The molecule has 112 valence electrons. The topological polar surface area (TPSA) is 87.3 Å². The van der Waals surface area contributed by atoms with E-state index in [1.807, 2.05) is 0 Å². The molecule has 0 aromatic carbocycles. The second-order valence-corrected chi connectivity index (χ2v) is 7.31. The van der Waals surface area contributed by atoms with E-state index in [1.165, 1.54) is 0 Å². The Balaban J connectivity index is 1.94. The molecule has 0 radical (unpaired) electrons. The third-order valence-electron chi connectivity index (χ3n) is 3.91. The van der Waals surface area contributed by atoms with Gasteiger partial charge in [-0.25, -0.2) is 8.42 Å². The number of H-pyrrole nitrogens is 1.